The Labute approximate surface area is 171 Å². The quantitative estimate of drug-likeness (QED) is 0.525. The Bertz CT molecular complexity index is 894. The predicted molar refractivity (Wildman–Crippen MR) is 109 cm³/mol. The topological polar surface area (TPSA) is 68.5 Å². The zero-order chi connectivity index (χ0) is 20.5. The highest BCUT2D eigenvalue weighted by molar-refractivity contribution is 6.23. The van der Waals surface area contributed by atoms with Crippen molar-refractivity contribution in [3.05, 3.63) is 35.4 Å². The van der Waals surface area contributed by atoms with Gasteiger partial charge in [-0.05, 0) is 29.5 Å². The Morgan fingerprint density at radius 2 is 1.93 bits per heavy atom. The Balaban J connectivity index is 1.61. The highest BCUT2D eigenvalue weighted by Gasteiger charge is 2.53. The summed E-state index contributed by atoms with van der Waals surface area (Å²) < 4.78 is 7.55. The highest BCUT2D eigenvalue weighted by atomic mass is 16.5. The Hall–Kier alpha value is -2.58. The summed E-state index contributed by atoms with van der Waals surface area (Å²) >= 11 is 0. The second-order valence-corrected chi connectivity index (χ2v) is 7.65. The first kappa shape index (κ1) is 19.7. The number of imide groups is 1. The normalized spacial score (nSPS) is 22.2. The zero-order valence-electron chi connectivity index (χ0n) is 17.3. The van der Waals surface area contributed by atoms with Crippen LogP contribution in [0.15, 0.2) is 29.3 Å². The summed E-state index contributed by atoms with van der Waals surface area (Å²) in [7, 11) is 3.20. The number of fused-ring (bicyclic) bond motifs is 2. The third kappa shape index (κ3) is 3.58. The van der Waals surface area contributed by atoms with Crippen molar-refractivity contribution in [3.63, 3.8) is 0 Å². The molecule has 3 aliphatic rings. The molecule has 8 nitrogen and oxygen atoms in total. The first-order chi connectivity index (χ1) is 14.0. The summed E-state index contributed by atoms with van der Waals surface area (Å²) in [6, 6.07) is 7.61. The molecule has 1 unspecified atom stereocenters. The molecule has 0 aromatic heterocycles. The van der Waals surface area contributed by atoms with Gasteiger partial charge in [-0.1, -0.05) is 24.3 Å². The Morgan fingerprint density at radius 1 is 1.17 bits per heavy atom. The fourth-order valence-corrected chi connectivity index (χ4v) is 4.23. The number of benzene rings is 1. The molecule has 0 bridgehead atoms. The number of carbonyl (C=O) groups is 2. The molecule has 4 rings (SSSR count). The molecule has 0 aliphatic carbocycles. The van der Waals surface area contributed by atoms with Crippen molar-refractivity contribution in [2.24, 2.45) is 4.99 Å². The van der Waals surface area contributed by atoms with Crippen LogP contribution in [0.2, 0.25) is 0 Å². The van der Waals surface area contributed by atoms with E-state index in [4.69, 9.17) is 9.73 Å². The minimum atomic E-state index is -0.560. The molecule has 1 aromatic carbocycles. The van der Waals surface area contributed by atoms with E-state index in [0.29, 0.717) is 32.1 Å². The highest BCUT2D eigenvalue weighted by Crippen LogP contribution is 2.22. The number of aliphatic imine (C=N–C) groups is 1. The number of hydrogen-bond donors (Lipinski definition) is 0. The van der Waals surface area contributed by atoms with E-state index in [0.717, 1.165) is 25.3 Å². The first-order valence-electron chi connectivity index (χ1n) is 10.1. The molecule has 29 heavy (non-hydrogen) atoms. The maximum absolute atomic E-state index is 12.9. The monoisotopic (exact) mass is 398 g/mol. The predicted octanol–water partition coefficient (Wildman–Crippen LogP) is 0.797. The van der Waals surface area contributed by atoms with Crippen molar-refractivity contribution in [2.45, 2.75) is 25.9 Å². The minimum absolute atomic E-state index is 0.234. The van der Waals surface area contributed by atoms with Gasteiger partial charge in [-0.3, -0.25) is 19.5 Å². The van der Waals surface area contributed by atoms with Crippen molar-refractivity contribution >= 4 is 23.6 Å². The molecule has 154 valence electrons. The van der Waals surface area contributed by atoms with Crippen LogP contribution in [-0.4, -0.2) is 95.9 Å². The van der Waals surface area contributed by atoms with Crippen LogP contribution < -0.4 is 0 Å². The standard InChI is InChI=1S/C21H28N5O3/c1-4-29-12-11-26-17(14-25-10-9-15-7-5-6-8-16(15)13-25)22-19-18(26)20(27)24(3)21(28)23(19)2/h5-8,18H,4,9-14H2,1-3H3/q+1. The van der Waals surface area contributed by atoms with Gasteiger partial charge in [-0.15, -0.1) is 0 Å². The molecule has 1 atom stereocenters. The molecule has 0 radical (unpaired) electrons. The van der Waals surface area contributed by atoms with E-state index in [1.807, 2.05) is 11.5 Å². The lowest BCUT2D eigenvalue weighted by Crippen LogP contribution is -2.61. The van der Waals surface area contributed by atoms with Crippen molar-refractivity contribution in [1.82, 2.24) is 14.7 Å². The second kappa shape index (κ2) is 8.04. The SMILES string of the molecule is CCOCC[N+]1=C(CN2CCc3ccccc3C2)N=C2C1C(=O)N(C)C(=O)N2C. The third-order valence-corrected chi connectivity index (χ3v) is 5.87. The maximum Gasteiger partial charge on any atom is 0.333 e. The van der Waals surface area contributed by atoms with Crippen LogP contribution >= 0.6 is 0 Å². The third-order valence-electron chi connectivity index (χ3n) is 5.87. The van der Waals surface area contributed by atoms with Gasteiger partial charge < -0.3 is 4.74 Å². The number of hydrogen-bond acceptors (Lipinski definition) is 5. The molecule has 3 aliphatic heterocycles. The van der Waals surface area contributed by atoms with Crippen LogP contribution in [0, 0.1) is 0 Å². The van der Waals surface area contributed by atoms with Gasteiger partial charge in [0.2, 0.25) is 0 Å². The van der Waals surface area contributed by atoms with E-state index in [2.05, 4.69) is 29.2 Å². The van der Waals surface area contributed by atoms with Crippen LogP contribution in [0.1, 0.15) is 18.1 Å². The molecule has 8 heteroatoms. The number of ether oxygens (including phenoxy) is 1. The maximum atomic E-state index is 12.9. The summed E-state index contributed by atoms with van der Waals surface area (Å²) in [5.74, 6) is 1.11. The van der Waals surface area contributed by atoms with Crippen LogP contribution in [0.3, 0.4) is 0 Å². The lowest BCUT2D eigenvalue weighted by atomic mass is 10.00. The number of urea groups is 1. The van der Waals surface area contributed by atoms with Crippen molar-refractivity contribution in [1.29, 1.82) is 0 Å². The summed E-state index contributed by atoms with van der Waals surface area (Å²) in [5.41, 5.74) is 2.74. The van der Waals surface area contributed by atoms with Gasteiger partial charge in [-0.2, -0.15) is 0 Å². The van der Waals surface area contributed by atoms with Gasteiger partial charge in [-0.25, -0.2) is 9.37 Å². The number of likely N-dealkylation sites (N-methyl/N-ethyl adjacent to an activating group) is 2. The van der Waals surface area contributed by atoms with E-state index < -0.39 is 6.04 Å². The van der Waals surface area contributed by atoms with E-state index >= 15 is 0 Å². The van der Waals surface area contributed by atoms with Crippen molar-refractivity contribution in [3.8, 4) is 0 Å². The second-order valence-electron chi connectivity index (χ2n) is 7.65. The van der Waals surface area contributed by atoms with E-state index in [-0.39, 0.29) is 11.9 Å². The summed E-state index contributed by atoms with van der Waals surface area (Å²) in [6.07, 6.45) is 1.00. The molecule has 0 spiro atoms. The van der Waals surface area contributed by atoms with Gasteiger partial charge in [0, 0.05) is 33.8 Å². The molecule has 0 N–H and O–H groups in total. The number of nitrogens with zero attached hydrogens (tertiary/aromatic N) is 5. The fraction of sp³-hybridized carbons (Fsp3) is 0.524. The molecule has 1 saturated heterocycles. The summed E-state index contributed by atoms with van der Waals surface area (Å²) in [4.78, 5) is 35.0. The van der Waals surface area contributed by atoms with Gasteiger partial charge in [0.1, 0.15) is 13.1 Å². The van der Waals surface area contributed by atoms with Crippen LogP contribution in [0.4, 0.5) is 4.79 Å². The van der Waals surface area contributed by atoms with Crippen LogP contribution in [0.25, 0.3) is 0 Å². The lowest BCUT2D eigenvalue weighted by Gasteiger charge is -2.30. The van der Waals surface area contributed by atoms with E-state index in [1.165, 1.54) is 28.0 Å². The van der Waals surface area contributed by atoms with Crippen LogP contribution in [0.5, 0.6) is 0 Å². The van der Waals surface area contributed by atoms with Gasteiger partial charge in [0.25, 0.3) is 17.8 Å². The number of amidine groups is 2. The molecule has 3 amide bonds. The molecular weight excluding hydrogens is 370 g/mol. The molecule has 1 aromatic rings. The average Bonchev–Trinajstić information content (AvgIpc) is 3.09. The van der Waals surface area contributed by atoms with Crippen molar-refractivity contribution in [2.75, 3.05) is 46.9 Å². The Kier molecular flexibility index (Phi) is 5.47. The van der Waals surface area contributed by atoms with E-state index in [9.17, 15) is 9.59 Å². The molecular formula is C21H28N5O3+. The number of rotatable bonds is 6. The summed E-state index contributed by atoms with van der Waals surface area (Å²) in [5, 5.41) is 0. The fourth-order valence-electron chi connectivity index (χ4n) is 4.23. The smallest absolute Gasteiger partial charge is 0.333 e. The zero-order valence-corrected chi connectivity index (χ0v) is 17.3. The lowest BCUT2D eigenvalue weighted by molar-refractivity contribution is -0.539. The van der Waals surface area contributed by atoms with Gasteiger partial charge in [0.05, 0.1) is 6.61 Å². The molecule has 3 heterocycles. The Morgan fingerprint density at radius 3 is 2.69 bits per heavy atom. The first-order valence-corrected chi connectivity index (χ1v) is 10.1. The summed E-state index contributed by atoms with van der Waals surface area (Å²) in [6.45, 7) is 6.09. The minimum Gasteiger partial charge on any atom is -0.378 e. The van der Waals surface area contributed by atoms with E-state index in [1.54, 1.807) is 7.05 Å². The van der Waals surface area contributed by atoms with Gasteiger partial charge in [0.15, 0.2) is 0 Å². The number of amides is 3. The van der Waals surface area contributed by atoms with Crippen LogP contribution in [-0.2, 0) is 22.5 Å². The molecule has 1 fully saturated rings. The largest absolute Gasteiger partial charge is 0.378 e. The molecule has 0 saturated carbocycles. The number of carbonyl (C=O) groups excluding carboxylic acids is 2. The van der Waals surface area contributed by atoms with Gasteiger partial charge >= 0.3 is 11.9 Å². The van der Waals surface area contributed by atoms with Crippen molar-refractivity contribution < 1.29 is 18.9 Å². The average molecular weight is 398 g/mol.